The van der Waals surface area contributed by atoms with Gasteiger partial charge in [0, 0.05) is 17.2 Å². The van der Waals surface area contributed by atoms with Gasteiger partial charge >= 0.3 is 0 Å². The van der Waals surface area contributed by atoms with Crippen molar-refractivity contribution in [2.45, 2.75) is 65.6 Å². The Morgan fingerprint density at radius 2 is 1.94 bits per heavy atom. The molecule has 0 bridgehead atoms. The van der Waals surface area contributed by atoms with E-state index in [2.05, 4.69) is 15.3 Å². The number of hydrogen-bond donors (Lipinski definition) is 4. The third-order valence-electron chi connectivity index (χ3n) is 5.55. The van der Waals surface area contributed by atoms with E-state index in [4.69, 9.17) is 4.74 Å². The molecule has 10 heteroatoms. The highest BCUT2D eigenvalue weighted by atomic mass is 16.6. The second kappa shape index (κ2) is 8.62. The van der Waals surface area contributed by atoms with E-state index in [1.807, 2.05) is 27.7 Å². The van der Waals surface area contributed by atoms with Gasteiger partial charge in [0.05, 0.1) is 12.0 Å². The first-order chi connectivity index (χ1) is 14.5. The Bertz CT molecular complexity index is 986. The molecule has 1 fully saturated rings. The number of fused-ring (bicyclic) bond motifs is 1. The number of rotatable bonds is 7. The molecule has 4 atom stereocenters. The number of hydrogen-bond acceptors (Lipinski definition) is 8. The molecular weight excluding hydrogens is 404 g/mol. The van der Waals surface area contributed by atoms with Crippen LogP contribution in [-0.4, -0.2) is 66.5 Å². The van der Waals surface area contributed by atoms with Crippen molar-refractivity contribution in [2.75, 3.05) is 11.9 Å². The largest absolute Gasteiger partial charge is 0.394 e. The topological polar surface area (TPSA) is 147 Å². The summed E-state index contributed by atoms with van der Waals surface area (Å²) in [5, 5.41) is 33.0. The highest BCUT2D eigenvalue weighted by molar-refractivity contribution is 6.12. The number of carbonyl (C=O) groups is 2. The summed E-state index contributed by atoms with van der Waals surface area (Å²) in [5.74, 6) is -0.0342. The number of ether oxygens (including phenoxy) is 1. The van der Waals surface area contributed by atoms with Crippen LogP contribution in [0.2, 0.25) is 0 Å². The van der Waals surface area contributed by atoms with E-state index in [1.54, 1.807) is 0 Å². The number of aromatic nitrogens is 3. The van der Waals surface area contributed by atoms with Crippen molar-refractivity contribution in [3.05, 3.63) is 18.1 Å². The molecule has 0 aliphatic carbocycles. The fourth-order valence-electron chi connectivity index (χ4n) is 4.14. The summed E-state index contributed by atoms with van der Waals surface area (Å²) in [4.78, 5) is 33.7. The molecule has 4 N–H and O–H groups in total. The highest BCUT2D eigenvalue weighted by Gasteiger charge is 2.44. The van der Waals surface area contributed by atoms with Gasteiger partial charge in [-0.05, 0) is 19.3 Å². The van der Waals surface area contributed by atoms with Crippen LogP contribution < -0.4 is 5.32 Å². The number of aliphatic hydroxyl groups excluding tert-OH is 3. The van der Waals surface area contributed by atoms with Crippen LogP contribution >= 0.6 is 0 Å². The molecule has 170 valence electrons. The predicted octanol–water partition coefficient (Wildman–Crippen LogP) is 1.26. The SMILES string of the molecule is CC(=O)c1cn([C@@H]2O[C@H](CO)C(O)[C@@H]2O)c2ncnc(NC(=O)C(C)(C)CC(C)C)c12. The van der Waals surface area contributed by atoms with Crippen LogP contribution in [0.1, 0.15) is 57.6 Å². The van der Waals surface area contributed by atoms with Crippen LogP contribution in [0.3, 0.4) is 0 Å². The third kappa shape index (κ3) is 4.33. The number of amides is 1. The number of nitrogens with zero attached hydrogens (tertiary/aromatic N) is 3. The Labute approximate surface area is 180 Å². The number of carbonyl (C=O) groups excluding carboxylic acids is 2. The molecule has 1 unspecified atom stereocenters. The number of anilines is 1. The predicted molar refractivity (Wildman–Crippen MR) is 112 cm³/mol. The minimum atomic E-state index is -1.34. The quantitative estimate of drug-likeness (QED) is 0.476. The van der Waals surface area contributed by atoms with Crippen molar-refractivity contribution in [3.8, 4) is 0 Å². The Kier molecular flexibility index (Phi) is 6.47. The van der Waals surface area contributed by atoms with Gasteiger partial charge in [-0.15, -0.1) is 0 Å². The molecule has 1 aliphatic rings. The van der Waals surface area contributed by atoms with E-state index in [0.29, 0.717) is 17.7 Å². The normalized spacial score (nSPS) is 24.2. The van der Waals surface area contributed by atoms with E-state index in [-0.39, 0.29) is 28.7 Å². The lowest BCUT2D eigenvalue weighted by atomic mass is 9.83. The first kappa shape index (κ1) is 23.3. The molecule has 3 heterocycles. The summed E-state index contributed by atoms with van der Waals surface area (Å²) in [6.07, 6.45) is -1.33. The maximum Gasteiger partial charge on any atom is 0.231 e. The molecule has 31 heavy (non-hydrogen) atoms. The van der Waals surface area contributed by atoms with Gasteiger partial charge in [0.1, 0.15) is 36.1 Å². The van der Waals surface area contributed by atoms with Crippen LogP contribution in [0.15, 0.2) is 12.5 Å². The number of ketones is 1. The van der Waals surface area contributed by atoms with Crippen molar-refractivity contribution in [2.24, 2.45) is 11.3 Å². The van der Waals surface area contributed by atoms with E-state index < -0.39 is 36.6 Å². The lowest BCUT2D eigenvalue weighted by Gasteiger charge is -2.25. The van der Waals surface area contributed by atoms with Crippen LogP contribution in [0.25, 0.3) is 11.0 Å². The molecule has 0 spiro atoms. The summed E-state index contributed by atoms with van der Waals surface area (Å²) >= 11 is 0. The van der Waals surface area contributed by atoms with Crippen molar-refractivity contribution >= 4 is 28.5 Å². The Morgan fingerprint density at radius 1 is 1.26 bits per heavy atom. The lowest BCUT2D eigenvalue weighted by molar-refractivity contribution is -0.124. The fraction of sp³-hybridized carbons (Fsp3) is 0.619. The van der Waals surface area contributed by atoms with Gasteiger partial charge in [-0.1, -0.05) is 27.7 Å². The first-order valence-electron chi connectivity index (χ1n) is 10.3. The van der Waals surface area contributed by atoms with Crippen molar-refractivity contribution in [1.29, 1.82) is 0 Å². The zero-order valence-electron chi connectivity index (χ0n) is 18.4. The average Bonchev–Trinajstić information content (AvgIpc) is 3.20. The highest BCUT2D eigenvalue weighted by Crippen LogP contribution is 2.36. The van der Waals surface area contributed by atoms with E-state index in [9.17, 15) is 24.9 Å². The van der Waals surface area contributed by atoms with Crippen LogP contribution in [0.5, 0.6) is 0 Å². The van der Waals surface area contributed by atoms with E-state index >= 15 is 0 Å². The molecule has 0 saturated carbocycles. The average molecular weight is 434 g/mol. The summed E-state index contributed by atoms with van der Waals surface area (Å²) in [6.45, 7) is 8.65. The van der Waals surface area contributed by atoms with E-state index in [1.165, 1.54) is 24.0 Å². The van der Waals surface area contributed by atoms with Crippen molar-refractivity contribution in [1.82, 2.24) is 14.5 Å². The van der Waals surface area contributed by atoms with E-state index in [0.717, 1.165) is 0 Å². The molecule has 2 aromatic heterocycles. The van der Waals surface area contributed by atoms with Crippen molar-refractivity contribution in [3.63, 3.8) is 0 Å². The standard InChI is InChI=1S/C21H30N4O6/c1-10(2)6-21(4,5)20(30)24-17-14-12(11(3)27)7-25(18(14)23-9-22-17)19-16(29)15(28)13(8-26)31-19/h7,9-10,13,15-16,19,26,28-29H,6,8H2,1-5H3,(H,22,23,24,30)/t13-,15?,16+,19-/m1/s1. The Hall–Kier alpha value is -2.40. The van der Waals surface area contributed by atoms with Crippen LogP contribution in [0, 0.1) is 11.3 Å². The second-order valence-corrected chi connectivity index (χ2v) is 9.09. The maximum atomic E-state index is 12.9. The van der Waals surface area contributed by atoms with Crippen molar-refractivity contribution < 1.29 is 29.6 Å². The maximum absolute atomic E-state index is 12.9. The Morgan fingerprint density at radius 3 is 2.48 bits per heavy atom. The summed E-state index contributed by atoms with van der Waals surface area (Å²) in [5.41, 5.74) is -0.162. The van der Waals surface area contributed by atoms with Crippen LogP contribution in [-0.2, 0) is 9.53 Å². The molecule has 2 aromatic rings. The van der Waals surface area contributed by atoms with Gasteiger partial charge < -0.3 is 29.9 Å². The van der Waals surface area contributed by atoms with Gasteiger partial charge in [-0.25, -0.2) is 9.97 Å². The molecule has 1 amide bonds. The smallest absolute Gasteiger partial charge is 0.231 e. The van der Waals surface area contributed by atoms with Gasteiger partial charge in [-0.3, -0.25) is 9.59 Å². The Balaban J connectivity index is 2.06. The zero-order valence-corrected chi connectivity index (χ0v) is 18.4. The van der Waals surface area contributed by atoms with Crippen LogP contribution in [0.4, 0.5) is 5.82 Å². The monoisotopic (exact) mass is 434 g/mol. The second-order valence-electron chi connectivity index (χ2n) is 9.09. The third-order valence-corrected chi connectivity index (χ3v) is 5.55. The van der Waals surface area contributed by atoms with Gasteiger partial charge in [0.15, 0.2) is 12.0 Å². The number of nitrogens with one attached hydrogen (secondary N) is 1. The first-order valence-corrected chi connectivity index (χ1v) is 10.3. The zero-order chi connectivity index (χ0) is 23.1. The minimum Gasteiger partial charge on any atom is -0.394 e. The summed E-state index contributed by atoms with van der Waals surface area (Å²) in [7, 11) is 0. The molecule has 0 radical (unpaired) electrons. The van der Waals surface area contributed by atoms with Gasteiger partial charge in [0.2, 0.25) is 5.91 Å². The molecular formula is C21H30N4O6. The summed E-state index contributed by atoms with van der Waals surface area (Å²) < 4.78 is 7.02. The van der Waals surface area contributed by atoms with Gasteiger partial charge in [0.25, 0.3) is 0 Å². The van der Waals surface area contributed by atoms with Gasteiger partial charge in [-0.2, -0.15) is 0 Å². The molecule has 1 aliphatic heterocycles. The number of aliphatic hydroxyl groups is 3. The minimum absolute atomic E-state index is 0.183. The summed E-state index contributed by atoms with van der Waals surface area (Å²) in [6, 6.07) is 0. The molecule has 10 nitrogen and oxygen atoms in total. The number of Topliss-reactive ketones (excluding diaryl/α,β-unsaturated/α-hetero) is 1. The lowest BCUT2D eigenvalue weighted by Crippen LogP contribution is -2.33. The molecule has 1 saturated heterocycles. The fourth-order valence-corrected chi connectivity index (χ4v) is 4.14. The molecule has 0 aromatic carbocycles. The molecule has 3 rings (SSSR count).